The largest absolute Gasteiger partial charge is 0.354 e. The molecule has 0 aliphatic heterocycles. The molecule has 0 spiro atoms. The van der Waals surface area contributed by atoms with E-state index in [0.717, 1.165) is 56.1 Å². The number of carbonyl (C=O) groups excluding carboxylic acids is 3. The molecule has 1 unspecified atom stereocenters. The van der Waals surface area contributed by atoms with E-state index in [4.69, 9.17) is 0 Å². The van der Waals surface area contributed by atoms with Gasteiger partial charge in [0.2, 0.25) is 17.7 Å². The Balaban J connectivity index is 1.50. The van der Waals surface area contributed by atoms with Crippen LogP contribution in [0.15, 0.2) is 54.9 Å². The summed E-state index contributed by atoms with van der Waals surface area (Å²) in [7, 11) is 0. The van der Waals surface area contributed by atoms with Gasteiger partial charge < -0.3 is 16.0 Å². The first-order chi connectivity index (χ1) is 21.1. The van der Waals surface area contributed by atoms with Crippen molar-refractivity contribution in [1.82, 2.24) is 20.9 Å². The van der Waals surface area contributed by atoms with Gasteiger partial charge in [-0.05, 0) is 42.5 Å². The van der Waals surface area contributed by atoms with Crippen molar-refractivity contribution >= 4 is 17.7 Å². The zero-order chi connectivity index (χ0) is 30.8. The van der Waals surface area contributed by atoms with E-state index in [2.05, 4.69) is 27.9 Å². The Morgan fingerprint density at radius 2 is 1.16 bits per heavy atom. The Hall–Kier alpha value is -3.22. The van der Waals surface area contributed by atoms with Crippen LogP contribution in [0, 0.1) is 0 Å². The quantitative estimate of drug-likeness (QED) is 0.103. The van der Waals surface area contributed by atoms with Crippen molar-refractivity contribution in [3.8, 4) is 0 Å². The molecule has 1 aromatic heterocycles. The number of aromatic nitrogens is 1. The molecule has 3 amide bonds. The lowest BCUT2D eigenvalue weighted by Crippen LogP contribution is -2.40. The number of nitrogens with one attached hydrogen (secondary N) is 3. The second-order valence-electron chi connectivity index (χ2n) is 11.6. The molecule has 2 aromatic rings. The van der Waals surface area contributed by atoms with Gasteiger partial charge in [0.05, 0.1) is 0 Å². The van der Waals surface area contributed by atoms with Gasteiger partial charge in [0.1, 0.15) is 6.04 Å². The van der Waals surface area contributed by atoms with Crippen LogP contribution in [0.3, 0.4) is 0 Å². The Bertz CT molecular complexity index is 1000. The smallest absolute Gasteiger partial charge is 0.247 e. The second-order valence-corrected chi connectivity index (χ2v) is 11.6. The predicted octanol–water partition coefficient (Wildman–Crippen LogP) is 7.71. The summed E-state index contributed by atoms with van der Waals surface area (Å²) in [6, 6.07) is 12.7. The van der Waals surface area contributed by atoms with E-state index in [1.165, 1.54) is 57.8 Å². The first-order valence-corrected chi connectivity index (χ1v) is 16.9. The lowest BCUT2D eigenvalue weighted by molar-refractivity contribution is -0.129. The van der Waals surface area contributed by atoms with Crippen molar-refractivity contribution in [3.63, 3.8) is 0 Å². The van der Waals surface area contributed by atoms with Crippen LogP contribution >= 0.6 is 0 Å². The molecule has 1 heterocycles. The minimum atomic E-state index is -0.647. The first kappa shape index (κ1) is 36.0. The number of carbonyl (C=O) groups is 3. The summed E-state index contributed by atoms with van der Waals surface area (Å²) < 4.78 is 0. The molecule has 7 heteroatoms. The van der Waals surface area contributed by atoms with Gasteiger partial charge in [0, 0.05) is 38.3 Å². The summed E-state index contributed by atoms with van der Waals surface area (Å²) >= 11 is 0. The van der Waals surface area contributed by atoms with Gasteiger partial charge in [0.15, 0.2) is 0 Å². The summed E-state index contributed by atoms with van der Waals surface area (Å²) in [6.07, 6.45) is 22.6. The highest BCUT2D eigenvalue weighted by Crippen LogP contribution is 2.15. The van der Waals surface area contributed by atoms with Crippen LogP contribution in [0.25, 0.3) is 0 Å². The maximum absolute atomic E-state index is 13.0. The van der Waals surface area contributed by atoms with Crippen molar-refractivity contribution in [3.05, 3.63) is 66.0 Å². The fraction of sp³-hybridized carbons (Fsp3) is 0.611. The minimum Gasteiger partial charge on any atom is -0.354 e. The second kappa shape index (κ2) is 24.2. The summed E-state index contributed by atoms with van der Waals surface area (Å²) in [5, 5.41) is 8.99. The van der Waals surface area contributed by atoms with E-state index in [1.54, 1.807) is 12.4 Å². The molecule has 43 heavy (non-hydrogen) atoms. The maximum Gasteiger partial charge on any atom is 0.247 e. The van der Waals surface area contributed by atoms with Gasteiger partial charge in [-0.1, -0.05) is 121 Å². The van der Waals surface area contributed by atoms with E-state index in [0.29, 0.717) is 25.9 Å². The molecule has 0 fully saturated rings. The van der Waals surface area contributed by atoms with Gasteiger partial charge in [-0.15, -0.1) is 0 Å². The molecule has 2 rings (SSSR count). The summed E-state index contributed by atoms with van der Waals surface area (Å²) in [5.41, 5.74) is 1.89. The number of hydrogen-bond acceptors (Lipinski definition) is 4. The van der Waals surface area contributed by atoms with Gasteiger partial charge in [0.25, 0.3) is 0 Å². The zero-order valence-electron chi connectivity index (χ0n) is 26.6. The summed E-state index contributed by atoms with van der Waals surface area (Å²) in [6.45, 7) is 3.40. The van der Waals surface area contributed by atoms with E-state index in [9.17, 15) is 14.4 Å². The van der Waals surface area contributed by atoms with Gasteiger partial charge in [-0.25, -0.2) is 0 Å². The number of pyridine rings is 1. The average molecular weight is 593 g/mol. The molecule has 1 aromatic carbocycles. The first-order valence-electron chi connectivity index (χ1n) is 16.9. The molecule has 238 valence electrons. The van der Waals surface area contributed by atoms with Crippen molar-refractivity contribution in [2.24, 2.45) is 0 Å². The van der Waals surface area contributed by atoms with Crippen LogP contribution in [0.5, 0.6) is 0 Å². The molecule has 0 aliphatic carbocycles. The zero-order valence-corrected chi connectivity index (χ0v) is 26.6. The molecule has 0 bridgehead atoms. The lowest BCUT2D eigenvalue weighted by Gasteiger charge is -2.19. The number of rotatable bonds is 25. The van der Waals surface area contributed by atoms with Crippen LogP contribution in [0.4, 0.5) is 0 Å². The molecule has 7 nitrogen and oxygen atoms in total. The molecule has 3 N–H and O–H groups in total. The predicted molar refractivity (Wildman–Crippen MR) is 175 cm³/mol. The van der Waals surface area contributed by atoms with Crippen molar-refractivity contribution in [2.45, 2.75) is 135 Å². The highest BCUT2D eigenvalue weighted by molar-refractivity contribution is 5.88. The maximum atomic E-state index is 13.0. The number of benzene rings is 1. The molecule has 0 radical (unpaired) electrons. The number of amides is 3. The Labute approximate surface area is 260 Å². The molecule has 0 saturated heterocycles. The average Bonchev–Trinajstić information content (AvgIpc) is 3.03. The summed E-state index contributed by atoms with van der Waals surface area (Å²) in [4.78, 5) is 41.6. The molecule has 1 atom stereocenters. The molecule has 0 aliphatic rings. The third-order valence-electron chi connectivity index (χ3n) is 7.83. The highest BCUT2D eigenvalue weighted by atomic mass is 16.2. The number of unbranched alkanes of at least 4 members (excludes halogenated alkanes) is 14. The monoisotopic (exact) mass is 592 g/mol. The van der Waals surface area contributed by atoms with Crippen LogP contribution < -0.4 is 16.0 Å². The lowest BCUT2D eigenvalue weighted by atomic mass is 10.0. The molecular weight excluding hydrogens is 536 g/mol. The SMILES string of the molecule is CCCCCCCCCC(=O)NC(C(=O)NCCCCCCCCCCCC(=O)NCc1ccncc1)c1ccccc1. The molecular formula is C36H56N4O3. The Kier molecular flexibility index (Phi) is 20.3. The van der Waals surface area contributed by atoms with Gasteiger partial charge in [-0.2, -0.15) is 0 Å². The topological polar surface area (TPSA) is 100 Å². The van der Waals surface area contributed by atoms with Crippen LogP contribution in [-0.2, 0) is 20.9 Å². The third kappa shape index (κ3) is 18.1. The fourth-order valence-corrected chi connectivity index (χ4v) is 5.17. The van der Waals surface area contributed by atoms with Crippen molar-refractivity contribution in [1.29, 1.82) is 0 Å². The standard InChI is InChI=1S/C36H56N4O3/c1-2-3-4-5-9-13-19-24-34(42)40-35(32-21-16-15-17-22-32)36(43)38-27-20-14-11-8-6-7-10-12-18-23-33(41)39-30-31-25-28-37-29-26-31/h15-17,21-22,25-26,28-29,35H,2-14,18-20,23-24,27,30H2,1H3,(H,38,43)(H,39,41)(H,40,42). The van der Waals surface area contributed by atoms with Gasteiger partial charge in [-0.3, -0.25) is 19.4 Å². The normalized spacial score (nSPS) is 11.6. The Morgan fingerprint density at radius 3 is 1.77 bits per heavy atom. The summed E-state index contributed by atoms with van der Waals surface area (Å²) in [5.74, 6) is -0.0723. The van der Waals surface area contributed by atoms with Crippen molar-refractivity contribution in [2.75, 3.05) is 6.54 Å². The van der Waals surface area contributed by atoms with E-state index in [1.807, 2.05) is 42.5 Å². The van der Waals surface area contributed by atoms with Crippen LogP contribution in [-0.4, -0.2) is 29.3 Å². The van der Waals surface area contributed by atoms with Crippen molar-refractivity contribution < 1.29 is 14.4 Å². The number of hydrogen-bond donors (Lipinski definition) is 3. The van der Waals surface area contributed by atoms with E-state index < -0.39 is 6.04 Å². The van der Waals surface area contributed by atoms with E-state index >= 15 is 0 Å². The van der Waals surface area contributed by atoms with E-state index in [-0.39, 0.29) is 17.7 Å². The Morgan fingerprint density at radius 1 is 0.628 bits per heavy atom. The fourth-order valence-electron chi connectivity index (χ4n) is 5.17. The van der Waals surface area contributed by atoms with Gasteiger partial charge >= 0.3 is 0 Å². The van der Waals surface area contributed by atoms with Crippen LogP contribution in [0.2, 0.25) is 0 Å². The molecule has 0 saturated carbocycles. The highest BCUT2D eigenvalue weighted by Gasteiger charge is 2.22. The third-order valence-corrected chi connectivity index (χ3v) is 7.83. The number of nitrogens with zero attached hydrogens (tertiary/aromatic N) is 1. The van der Waals surface area contributed by atoms with Crippen LogP contribution in [0.1, 0.15) is 140 Å². The minimum absolute atomic E-state index is 0.0538.